The summed E-state index contributed by atoms with van der Waals surface area (Å²) in [6.45, 7) is 4.61. The molecule has 5 aromatic rings. The van der Waals surface area contributed by atoms with Gasteiger partial charge in [-0.05, 0) is 120 Å². The van der Waals surface area contributed by atoms with Crippen LogP contribution in [0.3, 0.4) is 0 Å². The first kappa shape index (κ1) is 40.9. The quantitative estimate of drug-likeness (QED) is 0.0927. The molecule has 4 aromatic carbocycles. The van der Waals surface area contributed by atoms with Gasteiger partial charge in [0.2, 0.25) is 11.8 Å². The van der Waals surface area contributed by atoms with Crippen LogP contribution < -0.4 is 16.0 Å². The van der Waals surface area contributed by atoms with Crippen LogP contribution in [0.25, 0.3) is 43.7 Å². The highest BCUT2D eigenvalue weighted by Crippen LogP contribution is 2.33. The molecule has 3 saturated heterocycles. The van der Waals surface area contributed by atoms with Crippen molar-refractivity contribution in [3.8, 4) is 11.1 Å². The van der Waals surface area contributed by atoms with Crippen LogP contribution in [0.5, 0.6) is 0 Å². The van der Waals surface area contributed by atoms with E-state index in [0.717, 1.165) is 119 Å². The van der Waals surface area contributed by atoms with Crippen molar-refractivity contribution >= 4 is 56.3 Å². The van der Waals surface area contributed by atoms with Gasteiger partial charge in [-0.15, -0.1) is 0 Å². The monoisotopic (exact) mass is 827 g/mol. The minimum atomic E-state index is -0.656. The molecule has 5 heterocycles. The summed E-state index contributed by atoms with van der Waals surface area (Å²) in [4.78, 5) is 54.0. The maximum absolute atomic E-state index is 14.0. The second-order valence-corrected chi connectivity index (χ2v) is 17.1. The maximum atomic E-state index is 14.0. The number of aliphatic imine (C=N–C) groups is 1. The Labute approximate surface area is 356 Å². The van der Waals surface area contributed by atoms with Crippen LogP contribution in [0.15, 0.2) is 71.7 Å². The molecule has 0 bridgehead atoms. The van der Waals surface area contributed by atoms with Crippen LogP contribution in [0.2, 0.25) is 0 Å². The highest BCUT2D eigenvalue weighted by molar-refractivity contribution is 6.05. The number of alkyl carbamates (subject to hydrolysis) is 1. The zero-order valence-electron chi connectivity index (χ0n) is 35.0. The van der Waals surface area contributed by atoms with Crippen molar-refractivity contribution in [3.63, 3.8) is 0 Å². The van der Waals surface area contributed by atoms with Gasteiger partial charge in [0.05, 0.1) is 36.8 Å². The fourth-order valence-electron chi connectivity index (χ4n) is 9.70. The SMILES string of the molecule is COC(=O)N[C@H](C(=O)N1CCC[C@H]1C1=NCC(c2ccc3cc(-c4ccc5c(ccc6[nH]c(CCCCNC(=O)CC7CCOCC7)nc65)c4)ccc3c2)N1)C1CCOCC1. The van der Waals surface area contributed by atoms with Crippen LogP contribution in [-0.4, -0.2) is 104 Å². The molecule has 320 valence electrons. The lowest BCUT2D eigenvalue weighted by molar-refractivity contribution is -0.135. The molecule has 4 N–H and O–H groups in total. The van der Waals surface area contributed by atoms with Gasteiger partial charge in [-0.2, -0.15) is 0 Å². The van der Waals surface area contributed by atoms with Gasteiger partial charge in [0.1, 0.15) is 17.7 Å². The number of aromatic nitrogens is 2. The fourth-order valence-corrected chi connectivity index (χ4v) is 9.70. The smallest absolute Gasteiger partial charge is 0.407 e. The average Bonchev–Trinajstić information content (AvgIpc) is 4.09. The third kappa shape index (κ3) is 9.23. The second kappa shape index (κ2) is 18.6. The van der Waals surface area contributed by atoms with Gasteiger partial charge in [-0.1, -0.05) is 42.5 Å². The van der Waals surface area contributed by atoms with E-state index in [1.54, 1.807) is 0 Å². The topological polar surface area (TPSA) is 159 Å². The van der Waals surface area contributed by atoms with E-state index in [1.807, 2.05) is 4.90 Å². The first-order valence-electron chi connectivity index (χ1n) is 22.2. The first-order chi connectivity index (χ1) is 29.9. The molecule has 0 radical (unpaired) electrons. The summed E-state index contributed by atoms with van der Waals surface area (Å²) >= 11 is 0. The minimum absolute atomic E-state index is 0.00358. The molecule has 4 aliphatic rings. The van der Waals surface area contributed by atoms with Crippen LogP contribution >= 0.6 is 0 Å². The minimum Gasteiger partial charge on any atom is -0.453 e. The number of imidazole rings is 1. The van der Waals surface area contributed by atoms with Crippen molar-refractivity contribution in [1.82, 2.24) is 30.8 Å². The number of amidine groups is 1. The molecule has 0 aliphatic carbocycles. The first-order valence-corrected chi connectivity index (χ1v) is 22.2. The summed E-state index contributed by atoms with van der Waals surface area (Å²) in [6, 6.07) is 23.3. The largest absolute Gasteiger partial charge is 0.453 e. The van der Waals surface area contributed by atoms with Crippen LogP contribution in [0, 0.1) is 11.8 Å². The van der Waals surface area contributed by atoms with Gasteiger partial charge in [-0.25, -0.2) is 9.78 Å². The van der Waals surface area contributed by atoms with E-state index >= 15 is 0 Å². The normalized spacial score (nSPS) is 20.5. The molecule has 4 aliphatic heterocycles. The van der Waals surface area contributed by atoms with Gasteiger partial charge in [0.15, 0.2) is 0 Å². The second-order valence-electron chi connectivity index (χ2n) is 17.1. The number of H-pyrrole nitrogens is 1. The van der Waals surface area contributed by atoms with Gasteiger partial charge >= 0.3 is 6.09 Å². The van der Waals surface area contributed by atoms with Crippen molar-refractivity contribution in [3.05, 3.63) is 78.1 Å². The molecule has 1 unspecified atom stereocenters. The molecule has 0 saturated carbocycles. The molecule has 3 fully saturated rings. The summed E-state index contributed by atoms with van der Waals surface area (Å²) in [6.07, 6.45) is 7.81. The molecule has 0 spiro atoms. The van der Waals surface area contributed by atoms with E-state index in [1.165, 1.54) is 7.11 Å². The summed E-state index contributed by atoms with van der Waals surface area (Å²) < 4.78 is 15.8. The Bertz CT molecular complexity index is 2420. The highest BCUT2D eigenvalue weighted by atomic mass is 16.5. The molecule has 9 rings (SSSR count). The van der Waals surface area contributed by atoms with E-state index in [9.17, 15) is 14.4 Å². The molecule has 13 nitrogen and oxygen atoms in total. The number of amides is 3. The lowest BCUT2D eigenvalue weighted by atomic mass is 9.90. The summed E-state index contributed by atoms with van der Waals surface area (Å²) in [5, 5.41) is 14.2. The number of fused-ring (bicyclic) bond motifs is 4. The van der Waals surface area contributed by atoms with Crippen molar-refractivity contribution in [1.29, 1.82) is 0 Å². The lowest BCUT2D eigenvalue weighted by Crippen LogP contribution is -2.56. The van der Waals surface area contributed by atoms with Gasteiger partial charge in [-0.3, -0.25) is 14.6 Å². The van der Waals surface area contributed by atoms with E-state index in [4.69, 9.17) is 24.2 Å². The lowest BCUT2D eigenvalue weighted by Gasteiger charge is -2.34. The average molecular weight is 828 g/mol. The Morgan fingerprint density at radius 3 is 2.43 bits per heavy atom. The van der Waals surface area contributed by atoms with Crippen LogP contribution in [0.4, 0.5) is 4.79 Å². The summed E-state index contributed by atoms with van der Waals surface area (Å²) in [7, 11) is 1.33. The Kier molecular flexibility index (Phi) is 12.5. The van der Waals surface area contributed by atoms with Crippen LogP contribution in [-0.2, 0) is 30.2 Å². The number of aromatic amines is 1. The molecular formula is C48H57N7O6. The van der Waals surface area contributed by atoms with Crippen molar-refractivity contribution in [2.45, 2.75) is 82.3 Å². The Morgan fingerprint density at radius 2 is 1.61 bits per heavy atom. The summed E-state index contributed by atoms with van der Waals surface area (Å²) in [5.41, 5.74) is 5.49. The van der Waals surface area contributed by atoms with E-state index in [0.29, 0.717) is 58.0 Å². The Morgan fingerprint density at radius 1 is 0.869 bits per heavy atom. The Hall–Kier alpha value is -5.53. The number of rotatable bonds is 13. The van der Waals surface area contributed by atoms with E-state index in [2.05, 4.69) is 87.7 Å². The molecule has 13 heteroatoms. The molecule has 3 atom stereocenters. The number of methoxy groups -OCH3 is 1. The zero-order chi connectivity index (χ0) is 41.7. The summed E-state index contributed by atoms with van der Waals surface area (Å²) in [5.74, 6) is 2.34. The number of ether oxygens (including phenoxy) is 3. The van der Waals surface area contributed by atoms with Crippen molar-refractivity contribution in [2.24, 2.45) is 16.8 Å². The fraction of sp³-hybridized carbons (Fsp3) is 0.479. The number of carbonyl (C=O) groups excluding carboxylic acids is 3. The highest BCUT2D eigenvalue weighted by Gasteiger charge is 2.41. The van der Waals surface area contributed by atoms with E-state index < -0.39 is 12.1 Å². The van der Waals surface area contributed by atoms with Gasteiger partial charge in [0.25, 0.3) is 0 Å². The molecule has 3 amide bonds. The number of hydrogen-bond donors (Lipinski definition) is 4. The Balaban J connectivity index is 0.815. The van der Waals surface area contributed by atoms with Crippen LogP contribution in [0.1, 0.15) is 75.2 Å². The number of hydrogen-bond acceptors (Lipinski definition) is 9. The zero-order valence-corrected chi connectivity index (χ0v) is 35.0. The molecule has 1 aromatic heterocycles. The number of likely N-dealkylation sites (tertiary alicyclic amines) is 1. The third-order valence-electron chi connectivity index (χ3n) is 13.2. The molecular weight excluding hydrogens is 771 g/mol. The number of nitrogens with one attached hydrogen (secondary N) is 4. The maximum Gasteiger partial charge on any atom is 0.407 e. The number of nitrogens with zero attached hydrogens (tertiary/aromatic N) is 3. The standard InChI is InChI=1S/C48H57N7O6/c1-59-48(58)54-44(31-17-23-61-24-18-31)47(57)55-20-4-5-41(55)46-50-29-40(52-46)37-10-9-33-26-32(7-8-34(33)28-37)35-11-13-38-36(27-35)12-14-39-45(38)53-42(51-39)6-2-3-19-49-43(56)25-30-15-21-60-22-16-30/h7-14,26-28,30-31,40-41,44H,2-6,15-25,29H2,1H3,(H,49,56)(H,50,52)(H,51,53)(H,54,58)/t40?,41-,44-/m0/s1. The molecule has 61 heavy (non-hydrogen) atoms. The van der Waals surface area contributed by atoms with Crippen molar-refractivity contribution in [2.75, 3.05) is 53.2 Å². The number of carbonyl (C=O) groups is 3. The van der Waals surface area contributed by atoms with Gasteiger partial charge < -0.3 is 40.0 Å². The number of aryl methyl sites for hydroxylation is 1. The van der Waals surface area contributed by atoms with E-state index in [-0.39, 0.29) is 29.8 Å². The number of unbranched alkanes of at least 4 members (excludes halogenated alkanes) is 1. The number of benzene rings is 4. The van der Waals surface area contributed by atoms with Gasteiger partial charge in [0, 0.05) is 57.7 Å². The third-order valence-corrected chi connectivity index (χ3v) is 13.2. The predicted molar refractivity (Wildman–Crippen MR) is 236 cm³/mol. The predicted octanol–water partition coefficient (Wildman–Crippen LogP) is 6.98. The van der Waals surface area contributed by atoms with Crippen molar-refractivity contribution < 1.29 is 28.6 Å².